The number of sulfonamides is 1. The predicted molar refractivity (Wildman–Crippen MR) is 181 cm³/mol. The Morgan fingerprint density at radius 1 is 0.857 bits per heavy atom. The van der Waals surface area contributed by atoms with Gasteiger partial charge in [-0.1, -0.05) is 45.0 Å². The summed E-state index contributed by atoms with van der Waals surface area (Å²) in [7, 11) is -2.85. The van der Waals surface area contributed by atoms with Crippen LogP contribution in [-0.4, -0.2) is 65.4 Å². The molecule has 0 bridgehead atoms. The molecule has 0 saturated heterocycles. The summed E-state index contributed by atoms with van der Waals surface area (Å²) >= 11 is 0. The van der Waals surface area contributed by atoms with E-state index in [1.165, 1.54) is 25.3 Å². The van der Waals surface area contributed by atoms with E-state index in [1.807, 2.05) is 48.5 Å². The largest absolute Gasteiger partial charge is 0.493 e. The molecule has 2 heterocycles. The average Bonchev–Trinajstić information content (AvgIpc) is 3.01. The molecule has 0 aliphatic heterocycles. The van der Waals surface area contributed by atoms with Gasteiger partial charge in [0.2, 0.25) is 29.2 Å². The zero-order valence-corrected chi connectivity index (χ0v) is 29.5. The van der Waals surface area contributed by atoms with Gasteiger partial charge in [-0.05, 0) is 62.9 Å². The Morgan fingerprint density at radius 3 is 1.96 bits per heavy atom. The summed E-state index contributed by atoms with van der Waals surface area (Å²) in [5.41, 5.74) is 0.728. The van der Waals surface area contributed by atoms with Gasteiger partial charge in [-0.3, -0.25) is 9.52 Å². The van der Waals surface area contributed by atoms with Crippen LogP contribution in [0.25, 0.3) is 11.6 Å². The van der Waals surface area contributed by atoms with Crippen LogP contribution in [0.1, 0.15) is 60.5 Å². The number of ether oxygens (including phenoxy) is 5. The molecule has 49 heavy (non-hydrogen) atoms. The van der Waals surface area contributed by atoms with Crippen molar-refractivity contribution in [1.82, 2.24) is 19.9 Å². The average molecular weight is 696 g/mol. The maximum Gasteiger partial charge on any atom is 0.306 e. The quantitative estimate of drug-likeness (QED) is 0.142. The second-order valence-electron chi connectivity index (χ2n) is 12.4. The maximum absolute atomic E-state index is 13.9. The van der Waals surface area contributed by atoms with E-state index in [1.54, 1.807) is 36.4 Å². The molecule has 0 amide bonds. The lowest BCUT2D eigenvalue weighted by atomic mass is 9.87. The third-order valence-corrected chi connectivity index (χ3v) is 7.88. The number of anilines is 1. The third-order valence-electron chi connectivity index (χ3n) is 6.52. The zero-order valence-electron chi connectivity index (χ0n) is 28.7. The van der Waals surface area contributed by atoms with Crippen molar-refractivity contribution in [3.05, 3.63) is 60.2 Å². The first-order valence-electron chi connectivity index (χ1n) is 15.5. The first-order valence-corrected chi connectivity index (χ1v) is 17.0. The number of hydrogen-bond acceptors (Lipinski definition) is 12. The lowest BCUT2D eigenvalue weighted by Gasteiger charge is -2.20. The highest BCUT2D eigenvalue weighted by atomic mass is 32.2. The van der Waals surface area contributed by atoms with E-state index in [2.05, 4.69) is 24.7 Å². The second-order valence-corrected chi connectivity index (χ2v) is 14.0. The summed E-state index contributed by atoms with van der Waals surface area (Å²) in [6.45, 7) is 13.0. The van der Waals surface area contributed by atoms with E-state index >= 15 is 0 Å². The Morgan fingerprint density at radius 2 is 1.43 bits per heavy atom. The van der Waals surface area contributed by atoms with Crippen LogP contribution in [0.2, 0.25) is 0 Å². The lowest BCUT2D eigenvalue weighted by Crippen LogP contribution is -2.18. The molecule has 4 rings (SSSR count). The molecule has 0 radical (unpaired) electrons. The molecule has 0 spiro atoms. The Hall–Kier alpha value is -5.18. The van der Waals surface area contributed by atoms with Crippen molar-refractivity contribution in [1.29, 1.82) is 0 Å². The number of rotatable bonds is 15. The zero-order chi connectivity index (χ0) is 35.9. The number of nitrogens with one attached hydrogen (secondary N) is 1. The van der Waals surface area contributed by atoms with Crippen LogP contribution >= 0.6 is 0 Å². The summed E-state index contributed by atoms with van der Waals surface area (Å²) in [5.74, 6) is -1.50. The number of carboxylic acid groups (broad SMARTS) is 1. The SMILES string of the molecule is COc1ccccc1Oc1c(NS(=O)(=O)c2ccc(C(C)(C)C)cc2)nc(-c2nc(OC(C)C)cc(OC(C)C)n2)nc1OCCC(=O)O. The highest BCUT2D eigenvalue weighted by Crippen LogP contribution is 2.42. The highest BCUT2D eigenvalue weighted by Gasteiger charge is 2.27. The van der Waals surface area contributed by atoms with Crippen LogP contribution in [0.5, 0.6) is 34.9 Å². The molecular formula is C34H41N5O9S. The molecule has 0 fully saturated rings. The Kier molecular flexibility index (Phi) is 11.5. The van der Waals surface area contributed by atoms with Gasteiger partial charge in [-0.2, -0.15) is 15.0 Å². The number of methoxy groups -OCH3 is 1. The van der Waals surface area contributed by atoms with Crippen LogP contribution in [0.3, 0.4) is 0 Å². The van der Waals surface area contributed by atoms with Gasteiger partial charge in [-0.15, -0.1) is 0 Å². The number of aliphatic carboxylic acids is 1. The summed E-state index contributed by atoms with van der Waals surface area (Å²) in [6.07, 6.45) is -0.904. The molecule has 0 unspecified atom stereocenters. The Balaban J connectivity index is 1.95. The first kappa shape index (κ1) is 36.7. The summed E-state index contributed by atoms with van der Waals surface area (Å²) in [6, 6.07) is 14.6. The van der Waals surface area contributed by atoms with Gasteiger partial charge in [0.25, 0.3) is 15.9 Å². The predicted octanol–water partition coefficient (Wildman–Crippen LogP) is 6.26. The van der Waals surface area contributed by atoms with Gasteiger partial charge in [0, 0.05) is 0 Å². The van der Waals surface area contributed by atoms with E-state index in [0.717, 1.165) is 5.56 Å². The first-order chi connectivity index (χ1) is 23.0. The van der Waals surface area contributed by atoms with Crippen molar-refractivity contribution >= 4 is 21.8 Å². The minimum atomic E-state index is -4.30. The smallest absolute Gasteiger partial charge is 0.306 e. The monoisotopic (exact) mass is 695 g/mol. The molecule has 0 atom stereocenters. The maximum atomic E-state index is 13.9. The van der Waals surface area contributed by atoms with E-state index in [9.17, 15) is 18.3 Å². The number of hydrogen-bond donors (Lipinski definition) is 2. The summed E-state index contributed by atoms with van der Waals surface area (Å²) in [4.78, 5) is 29.2. The van der Waals surface area contributed by atoms with Gasteiger partial charge >= 0.3 is 5.97 Å². The normalized spacial score (nSPS) is 11.7. The molecule has 0 aliphatic rings. The summed E-state index contributed by atoms with van der Waals surface area (Å²) in [5, 5.41) is 9.30. The van der Waals surface area contributed by atoms with Crippen molar-refractivity contribution in [3.8, 4) is 46.5 Å². The number of benzene rings is 2. The van der Waals surface area contributed by atoms with Gasteiger partial charge < -0.3 is 28.8 Å². The molecule has 0 saturated carbocycles. The number of aromatic nitrogens is 4. The number of nitrogens with zero attached hydrogens (tertiary/aromatic N) is 4. The van der Waals surface area contributed by atoms with Crippen LogP contribution in [0, 0.1) is 0 Å². The fraction of sp³-hybridized carbons (Fsp3) is 0.382. The topological polar surface area (TPSA) is 181 Å². The Bertz CT molecular complexity index is 1850. The second kappa shape index (κ2) is 15.4. The fourth-order valence-electron chi connectivity index (χ4n) is 4.26. The molecule has 14 nitrogen and oxygen atoms in total. The van der Waals surface area contributed by atoms with Crippen LogP contribution in [-0.2, 0) is 20.2 Å². The van der Waals surface area contributed by atoms with Gasteiger partial charge in [0.15, 0.2) is 17.3 Å². The van der Waals surface area contributed by atoms with E-state index in [4.69, 9.17) is 23.7 Å². The van der Waals surface area contributed by atoms with Gasteiger partial charge in [0.1, 0.15) is 6.61 Å². The van der Waals surface area contributed by atoms with Gasteiger partial charge in [-0.25, -0.2) is 13.4 Å². The molecule has 4 aromatic rings. The minimum Gasteiger partial charge on any atom is -0.493 e. The molecule has 15 heteroatoms. The third kappa shape index (κ3) is 9.92. The minimum absolute atomic E-state index is 0.0477. The number of para-hydroxylation sites is 2. The molecular weight excluding hydrogens is 654 g/mol. The van der Waals surface area contributed by atoms with Crippen LogP contribution < -0.4 is 28.4 Å². The van der Waals surface area contributed by atoms with Gasteiger partial charge in [0.05, 0.1) is 36.7 Å². The van der Waals surface area contributed by atoms with Crippen molar-refractivity contribution in [2.24, 2.45) is 0 Å². The fourth-order valence-corrected chi connectivity index (χ4v) is 5.27. The lowest BCUT2D eigenvalue weighted by molar-refractivity contribution is -0.137. The number of carbonyl (C=O) groups is 1. The van der Waals surface area contributed by atoms with E-state index < -0.39 is 22.4 Å². The van der Waals surface area contributed by atoms with Crippen molar-refractivity contribution in [2.45, 2.75) is 77.4 Å². The van der Waals surface area contributed by atoms with Crippen LogP contribution in [0.4, 0.5) is 5.82 Å². The van der Waals surface area contributed by atoms with E-state index in [0.29, 0.717) is 5.75 Å². The van der Waals surface area contributed by atoms with Crippen molar-refractivity contribution in [2.75, 3.05) is 18.4 Å². The summed E-state index contributed by atoms with van der Waals surface area (Å²) < 4.78 is 59.3. The van der Waals surface area contributed by atoms with E-state index in [-0.39, 0.29) is 75.7 Å². The molecule has 2 N–H and O–H groups in total. The molecule has 2 aromatic carbocycles. The van der Waals surface area contributed by atoms with Crippen LogP contribution in [0.15, 0.2) is 59.5 Å². The molecule has 2 aromatic heterocycles. The standard InChI is InChI=1S/C34H41N5O9S/c1-20(2)46-26-19-27(47-21(3)4)36-31(35-26)32-37-30(39-49(42,43)23-15-13-22(14-16-23)34(5,6)7)29(33(38-32)45-18-17-28(40)41)48-25-12-10-9-11-24(25)44-8/h9-16,19-21H,17-18H2,1-8H3,(H,40,41)(H,37,38,39). The van der Waals surface area contributed by atoms with Crippen molar-refractivity contribution < 1.29 is 42.0 Å². The highest BCUT2D eigenvalue weighted by molar-refractivity contribution is 7.92. The Labute approximate surface area is 285 Å². The number of carboxylic acids is 1. The van der Waals surface area contributed by atoms with Crippen molar-refractivity contribution in [3.63, 3.8) is 0 Å². The molecule has 0 aliphatic carbocycles. The molecule has 262 valence electrons.